The number of carbonyl (C=O) groups excluding carboxylic acids is 1. The molecule has 0 spiro atoms. The molecule has 0 radical (unpaired) electrons. The van der Waals surface area contributed by atoms with Crippen LogP contribution in [0, 0.1) is 19.3 Å². The number of carbonyl (C=O) groups is 1. The maximum Gasteiger partial charge on any atom is 0.285 e. The first kappa shape index (κ1) is 10.6. The molecule has 1 heterocycles. The van der Waals surface area contributed by atoms with Crippen molar-refractivity contribution in [2.75, 3.05) is 12.3 Å². The highest BCUT2D eigenvalue weighted by Crippen LogP contribution is 2.22. The van der Waals surface area contributed by atoms with Crippen molar-refractivity contribution in [3.8, 4) is 12.3 Å². The number of amides is 1. The first-order chi connectivity index (χ1) is 6.65. The number of nitrogens with two attached hydrogens (primary N) is 1. The van der Waals surface area contributed by atoms with E-state index in [-0.39, 0.29) is 12.5 Å². The van der Waals surface area contributed by atoms with Crippen molar-refractivity contribution in [1.29, 1.82) is 0 Å². The molecule has 0 saturated heterocycles. The van der Waals surface area contributed by atoms with E-state index in [4.69, 9.17) is 12.2 Å². The van der Waals surface area contributed by atoms with Crippen LogP contribution in [0.15, 0.2) is 6.07 Å². The average Bonchev–Trinajstić information content (AvgIpc) is 2.47. The monoisotopic (exact) mass is 210 g/mol. The van der Waals surface area contributed by atoms with E-state index in [1.165, 1.54) is 11.3 Å². The molecule has 14 heavy (non-hydrogen) atoms. The highest BCUT2D eigenvalue weighted by atomic mass is 32.1. The van der Waals surface area contributed by atoms with Gasteiger partial charge in [-0.05, 0) is 13.0 Å². The van der Waals surface area contributed by atoms with Crippen LogP contribution in [-0.4, -0.2) is 12.5 Å². The van der Waals surface area contributed by atoms with Crippen LogP contribution < -0.4 is 11.2 Å². The number of nitrogen functional groups attached to an aromatic ring is 1. The predicted molar refractivity (Wildman–Crippen MR) is 55.7 cm³/mol. The zero-order valence-corrected chi connectivity index (χ0v) is 8.48. The van der Waals surface area contributed by atoms with Gasteiger partial charge in [0.1, 0.15) is 6.61 Å². The second kappa shape index (κ2) is 4.65. The minimum atomic E-state index is -0.329. The fourth-order valence-corrected chi connectivity index (χ4v) is 1.63. The number of thiophene rings is 1. The number of nitrogens with one attached hydrogen (secondary N) is 1. The third-order valence-corrected chi connectivity index (χ3v) is 2.57. The van der Waals surface area contributed by atoms with Gasteiger partial charge in [0.2, 0.25) is 0 Å². The molecule has 1 rings (SSSR count). The summed E-state index contributed by atoms with van der Waals surface area (Å²) in [6.07, 6.45) is 4.94. The molecule has 4 nitrogen and oxygen atoms in total. The van der Waals surface area contributed by atoms with Gasteiger partial charge in [-0.25, -0.2) is 5.48 Å². The summed E-state index contributed by atoms with van der Waals surface area (Å²) in [6, 6.07) is 1.61. The van der Waals surface area contributed by atoms with Gasteiger partial charge in [-0.2, -0.15) is 0 Å². The number of hydroxylamine groups is 1. The Hall–Kier alpha value is -1.51. The van der Waals surface area contributed by atoms with Crippen molar-refractivity contribution in [2.45, 2.75) is 6.92 Å². The van der Waals surface area contributed by atoms with Gasteiger partial charge in [0.15, 0.2) is 0 Å². The Morgan fingerprint density at radius 1 is 1.86 bits per heavy atom. The van der Waals surface area contributed by atoms with E-state index in [0.717, 1.165) is 4.88 Å². The quantitative estimate of drug-likeness (QED) is 0.443. The molecule has 0 aliphatic carbocycles. The van der Waals surface area contributed by atoms with E-state index in [0.29, 0.717) is 10.6 Å². The van der Waals surface area contributed by atoms with Crippen LogP contribution in [0.4, 0.5) is 5.69 Å². The summed E-state index contributed by atoms with van der Waals surface area (Å²) >= 11 is 1.31. The maximum absolute atomic E-state index is 11.3. The molecule has 74 valence electrons. The van der Waals surface area contributed by atoms with E-state index in [1.54, 1.807) is 6.07 Å². The predicted octanol–water partition coefficient (Wildman–Crippen LogP) is 0.933. The van der Waals surface area contributed by atoms with Gasteiger partial charge in [0.05, 0.1) is 4.88 Å². The molecule has 0 aliphatic rings. The van der Waals surface area contributed by atoms with Crippen molar-refractivity contribution in [2.24, 2.45) is 0 Å². The fraction of sp³-hybridized carbons (Fsp3) is 0.222. The standard InChI is InChI=1S/C9H10N2O2S/c1-3-4-13-11-9(12)8-5-7(10)6(2)14-8/h1,5H,4,10H2,2H3,(H,11,12). The van der Waals surface area contributed by atoms with Crippen molar-refractivity contribution in [3.63, 3.8) is 0 Å². The van der Waals surface area contributed by atoms with E-state index >= 15 is 0 Å². The number of hydrogen-bond acceptors (Lipinski definition) is 4. The zero-order valence-electron chi connectivity index (χ0n) is 7.66. The molecule has 1 amide bonds. The Morgan fingerprint density at radius 3 is 3.07 bits per heavy atom. The first-order valence-electron chi connectivity index (χ1n) is 3.86. The summed E-state index contributed by atoms with van der Waals surface area (Å²) in [4.78, 5) is 17.4. The lowest BCUT2D eigenvalue weighted by atomic mass is 10.4. The Bertz CT molecular complexity index is 359. The van der Waals surface area contributed by atoms with Gasteiger partial charge < -0.3 is 5.73 Å². The van der Waals surface area contributed by atoms with Crippen LogP contribution >= 0.6 is 11.3 Å². The number of hydrogen-bond donors (Lipinski definition) is 2. The number of rotatable bonds is 3. The van der Waals surface area contributed by atoms with Gasteiger partial charge in [-0.15, -0.1) is 17.8 Å². The summed E-state index contributed by atoms with van der Waals surface area (Å²) in [6.45, 7) is 1.89. The summed E-state index contributed by atoms with van der Waals surface area (Å²) in [5.41, 5.74) is 8.41. The topological polar surface area (TPSA) is 64.3 Å². The summed E-state index contributed by atoms with van der Waals surface area (Å²) in [5.74, 6) is 1.90. The molecule has 0 unspecified atom stereocenters. The third kappa shape index (κ3) is 2.49. The molecule has 0 aliphatic heterocycles. The fourth-order valence-electron chi connectivity index (χ4n) is 0.802. The SMILES string of the molecule is C#CCONC(=O)c1cc(N)c(C)s1. The van der Waals surface area contributed by atoms with Crippen molar-refractivity contribution in [3.05, 3.63) is 15.8 Å². The minimum Gasteiger partial charge on any atom is -0.398 e. The molecule has 5 heteroatoms. The highest BCUT2D eigenvalue weighted by Gasteiger charge is 2.10. The molecule has 0 atom stereocenters. The molecular formula is C9H10N2O2S. The Balaban J connectivity index is 2.57. The van der Waals surface area contributed by atoms with Gasteiger partial charge >= 0.3 is 0 Å². The van der Waals surface area contributed by atoms with Crippen LogP contribution in [0.3, 0.4) is 0 Å². The van der Waals surface area contributed by atoms with E-state index in [9.17, 15) is 4.79 Å². The van der Waals surface area contributed by atoms with Gasteiger partial charge in [0, 0.05) is 10.6 Å². The lowest BCUT2D eigenvalue weighted by Crippen LogP contribution is -2.22. The molecule has 1 aromatic heterocycles. The largest absolute Gasteiger partial charge is 0.398 e. The first-order valence-corrected chi connectivity index (χ1v) is 4.68. The Kier molecular flexibility index (Phi) is 3.51. The summed E-state index contributed by atoms with van der Waals surface area (Å²) in [7, 11) is 0. The van der Waals surface area contributed by atoms with Gasteiger partial charge in [-0.1, -0.05) is 5.92 Å². The number of anilines is 1. The molecule has 0 bridgehead atoms. The highest BCUT2D eigenvalue weighted by molar-refractivity contribution is 7.14. The van der Waals surface area contributed by atoms with Crippen LogP contribution in [0.5, 0.6) is 0 Å². The van der Waals surface area contributed by atoms with Crippen molar-refractivity contribution in [1.82, 2.24) is 5.48 Å². The molecule has 0 fully saturated rings. The molecular weight excluding hydrogens is 200 g/mol. The van der Waals surface area contributed by atoms with E-state index in [2.05, 4.69) is 16.2 Å². The van der Waals surface area contributed by atoms with Crippen molar-refractivity contribution < 1.29 is 9.63 Å². The zero-order chi connectivity index (χ0) is 10.6. The lowest BCUT2D eigenvalue weighted by molar-refractivity contribution is 0.0442. The van der Waals surface area contributed by atoms with Crippen LogP contribution in [0.2, 0.25) is 0 Å². The molecule has 3 N–H and O–H groups in total. The van der Waals surface area contributed by atoms with Crippen molar-refractivity contribution >= 4 is 22.9 Å². The van der Waals surface area contributed by atoms with Crippen LogP contribution in [-0.2, 0) is 4.84 Å². The Morgan fingerprint density at radius 2 is 2.57 bits per heavy atom. The summed E-state index contributed by atoms with van der Waals surface area (Å²) < 4.78 is 0. The second-order valence-electron chi connectivity index (χ2n) is 2.55. The van der Waals surface area contributed by atoms with E-state index in [1.807, 2.05) is 6.92 Å². The average molecular weight is 210 g/mol. The Labute approximate surface area is 86.0 Å². The van der Waals surface area contributed by atoms with Crippen LogP contribution in [0.1, 0.15) is 14.5 Å². The molecule has 0 aromatic carbocycles. The number of aryl methyl sites for hydroxylation is 1. The maximum atomic E-state index is 11.3. The second-order valence-corrected chi connectivity index (χ2v) is 3.80. The smallest absolute Gasteiger partial charge is 0.285 e. The van der Waals surface area contributed by atoms with Crippen LogP contribution in [0.25, 0.3) is 0 Å². The third-order valence-electron chi connectivity index (χ3n) is 1.50. The minimum absolute atomic E-state index is 0.0472. The summed E-state index contributed by atoms with van der Waals surface area (Å²) in [5, 5.41) is 0. The molecule has 1 aromatic rings. The van der Waals surface area contributed by atoms with Gasteiger partial charge in [-0.3, -0.25) is 9.63 Å². The van der Waals surface area contributed by atoms with E-state index < -0.39 is 0 Å². The normalized spacial score (nSPS) is 9.43. The molecule has 0 saturated carbocycles. The lowest BCUT2D eigenvalue weighted by Gasteiger charge is -1.99. The van der Waals surface area contributed by atoms with Gasteiger partial charge in [0.25, 0.3) is 5.91 Å². The number of terminal acetylenes is 1.